The van der Waals surface area contributed by atoms with E-state index in [-0.39, 0.29) is 11.8 Å². The second-order valence-electron chi connectivity index (χ2n) is 4.83. The summed E-state index contributed by atoms with van der Waals surface area (Å²) < 4.78 is 15.9. The first kappa shape index (κ1) is 17.2. The van der Waals surface area contributed by atoms with E-state index < -0.39 is 22.9 Å². The summed E-state index contributed by atoms with van der Waals surface area (Å²) in [5, 5.41) is 5.19. The fraction of sp³-hybridized carbons (Fsp3) is 0.429. The lowest BCUT2D eigenvalue weighted by Gasteiger charge is -2.21. The van der Waals surface area contributed by atoms with Crippen molar-refractivity contribution in [2.24, 2.45) is 5.92 Å². The van der Waals surface area contributed by atoms with E-state index in [1.54, 1.807) is 30.5 Å². The van der Waals surface area contributed by atoms with Crippen LogP contribution in [0, 0.1) is 5.92 Å². The number of hydrogen-bond acceptors (Lipinski definition) is 4. The monoisotopic (exact) mass is 312 g/mol. The SMILES string of the molecule is COC(=O)N[C@H](C(=O)Nc1cccc(S(C)=O)c1)C(C)C. The summed E-state index contributed by atoms with van der Waals surface area (Å²) >= 11 is 0. The van der Waals surface area contributed by atoms with Crippen molar-refractivity contribution in [3.63, 3.8) is 0 Å². The molecule has 1 aromatic rings. The van der Waals surface area contributed by atoms with Crippen LogP contribution in [0.25, 0.3) is 0 Å². The lowest BCUT2D eigenvalue weighted by molar-refractivity contribution is -0.119. The molecule has 2 amide bonds. The maximum Gasteiger partial charge on any atom is 0.407 e. The summed E-state index contributed by atoms with van der Waals surface area (Å²) in [7, 11) is 0.116. The molecule has 1 rings (SSSR count). The summed E-state index contributed by atoms with van der Waals surface area (Å²) in [6.45, 7) is 3.63. The minimum absolute atomic E-state index is 0.104. The molecule has 0 aromatic heterocycles. The van der Waals surface area contributed by atoms with Crippen molar-refractivity contribution in [2.45, 2.75) is 24.8 Å². The first-order valence-corrected chi connectivity index (χ1v) is 7.99. The lowest BCUT2D eigenvalue weighted by atomic mass is 10.0. The van der Waals surface area contributed by atoms with Gasteiger partial charge in [-0.25, -0.2) is 4.79 Å². The van der Waals surface area contributed by atoms with Gasteiger partial charge in [0, 0.05) is 27.6 Å². The number of anilines is 1. The Morgan fingerprint density at radius 1 is 1.29 bits per heavy atom. The van der Waals surface area contributed by atoms with E-state index in [0.717, 1.165) is 0 Å². The third-order valence-corrected chi connectivity index (χ3v) is 3.76. The van der Waals surface area contributed by atoms with Gasteiger partial charge in [0.2, 0.25) is 5.91 Å². The van der Waals surface area contributed by atoms with Crippen LogP contribution in [0.1, 0.15) is 13.8 Å². The molecule has 0 fully saturated rings. The van der Waals surface area contributed by atoms with Crippen LogP contribution in [0.15, 0.2) is 29.2 Å². The number of hydrogen-bond donors (Lipinski definition) is 2. The number of rotatable bonds is 5. The first-order valence-electron chi connectivity index (χ1n) is 6.44. The van der Waals surface area contributed by atoms with Crippen molar-refractivity contribution < 1.29 is 18.5 Å². The average molecular weight is 312 g/mol. The van der Waals surface area contributed by atoms with Gasteiger partial charge in [-0.15, -0.1) is 0 Å². The molecule has 0 spiro atoms. The van der Waals surface area contributed by atoms with Gasteiger partial charge in [0.25, 0.3) is 0 Å². The predicted molar refractivity (Wildman–Crippen MR) is 81.6 cm³/mol. The zero-order valence-corrected chi connectivity index (χ0v) is 13.3. The van der Waals surface area contributed by atoms with E-state index in [1.807, 2.05) is 13.8 Å². The highest BCUT2D eigenvalue weighted by atomic mass is 32.2. The van der Waals surface area contributed by atoms with Crippen LogP contribution >= 0.6 is 0 Å². The number of ether oxygens (including phenoxy) is 1. The van der Waals surface area contributed by atoms with E-state index in [1.165, 1.54) is 7.11 Å². The quantitative estimate of drug-likeness (QED) is 0.867. The van der Waals surface area contributed by atoms with E-state index in [2.05, 4.69) is 15.4 Å². The summed E-state index contributed by atoms with van der Waals surface area (Å²) in [5.41, 5.74) is 0.532. The Labute approximate surface area is 126 Å². The number of nitrogens with one attached hydrogen (secondary N) is 2. The van der Waals surface area contributed by atoms with Crippen LogP contribution in [0.2, 0.25) is 0 Å². The van der Waals surface area contributed by atoms with E-state index in [4.69, 9.17) is 0 Å². The van der Waals surface area contributed by atoms with Crippen LogP contribution in [-0.4, -0.2) is 35.6 Å². The number of benzene rings is 1. The number of carbonyl (C=O) groups is 2. The van der Waals surface area contributed by atoms with E-state index in [9.17, 15) is 13.8 Å². The number of methoxy groups -OCH3 is 1. The van der Waals surface area contributed by atoms with Crippen molar-refractivity contribution in [1.82, 2.24) is 5.32 Å². The van der Waals surface area contributed by atoms with Crippen LogP contribution in [0.3, 0.4) is 0 Å². The summed E-state index contributed by atoms with van der Waals surface area (Å²) in [5.74, 6) is -0.456. The Balaban J connectivity index is 2.84. The van der Waals surface area contributed by atoms with E-state index >= 15 is 0 Å². The molecule has 7 heteroatoms. The molecule has 0 saturated heterocycles. The van der Waals surface area contributed by atoms with Crippen molar-refractivity contribution in [3.05, 3.63) is 24.3 Å². The molecule has 0 heterocycles. The molecular formula is C14H20N2O4S. The Bertz CT molecular complexity index is 546. The highest BCUT2D eigenvalue weighted by Gasteiger charge is 2.24. The van der Waals surface area contributed by atoms with Gasteiger partial charge in [-0.1, -0.05) is 19.9 Å². The highest BCUT2D eigenvalue weighted by molar-refractivity contribution is 7.84. The maximum atomic E-state index is 12.2. The Morgan fingerprint density at radius 2 is 1.95 bits per heavy atom. The minimum Gasteiger partial charge on any atom is -0.453 e. The first-order chi connectivity index (χ1) is 9.85. The molecule has 1 unspecified atom stereocenters. The molecule has 2 N–H and O–H groups in total. The summed E-state index contributed by atoms with van der Waals surface area (Å²) in [4.78, 5) is 24.1. The molecule has 0 saturated carbocycles. The van der Waals surface area contributed by atoms with E-state index in [0.29, 0.717) is 10.6 Å². The van der Waals surface area contributed by atoms with Crippen molar-refractivity contribution in [3.8, 4) is 0 Å². The fourth-order valence-corrected chi connectivity index (χ4v) is 2.26. The topological polar surface area (TPSA) is 84.5 Å². The molecule has 0 aliphatic carbocycles. The Kier molecular flexibility index (Phi) is 6.36. The summed E-state index contributed by atoms with van der Waals surface area (Å²) in [6.07, 6.45) is 0.906. The van der Waals surface area contributed by atoms with Gasteiger partial charge >= 0.3 is 6.09 Å². The zero-order valence-electron chi connectivity index (χ0n) is 12.5. The number of amides is 2. The third-order valence-electron chi connectivity index (χ3n) is 2.84. The molecule has 116 valence electrons. The summed E-state index contributed by atoms with van der Waals surface area (Å²) in [6, 6.07) is 6.06. The molecule has 2 atom stereocenters. The van der Waals surface area contributed by atoms with Crippen molar-refractivity contribution in [1.29, 1.82) is 0 Å². The number of carbonyl (C=O) groups excluding carboxylic acids is 2. The van der Waals surface area contributed by atoms with Crippen LogP contribution in [0.4, 0.5) is 10.5 Å². The molecule has 21 heavy (non-hydrogen) atoms. The van der Waals surface area contributed by atoms with Crippen molar-refractivity contribution >= 4 is 28.5 Å². The van der Waals surface area contributed by atoms with Gasteiger partial charge in [-0.3, -0.25) is 9.00 Å². The predicted octanol–water partition coefficient (Wildman–Crippen LogP) is 1.74. The second kappa shape index (κ2) is 7.78. The molecule has 0 aliphatic rings. The zero-order chi connectivity index (χ0) is 16.0. The Hall–Kier alpha value is -1.89. The van der Waals surface area contributed by atoms with Gasteiger partial charge in [-0.2, -0.15) is 0 Å². The smallest absolute Gasteiger partial charge is 0.407 e. The second-order valence-corrected chi connectivity index (χ2v) is 6.21. The van der Waals surface area contributed by atoms with Gasteiger partial charge in [0.05, 0.1) is 7.11 Å². The maximum absolute atomic E-state index is 12.2. The van der Waals surface area contributed by atoms with Gasteiger partial charge < -0.3 is 15.4 Å². The normalized spacial score (nSPS) is 13.4. The fourth-order valence-electron chi connectivity index (χ4n) is 1.69. The standard InChI is InChI=1S/C14H20N2O4S/c1-9(2)12(16-14(18)20-3)13(17)15-10-6-5-7-11(8-10)21(4)19/h5-9,12H,1-4H3,(H,15,17)(H,16,18)/t12-,21?/m0/s1. The number of alkyl carbamates (subject to hydrolysis) is 1. The van der Waals surface area contributed by atoms with Gasteiger partial charge in [0.15, 0.2) is 0 Å². The molecular weight excluding hydrogens is 292 g/mol. The molecule has 6 nitrogen and oxygen atoms in total. The average Bonchev–Trinajstić information content (AvgIpc) is 2.44. The van der Waals surface area contributed by atoms with Crippen LogP contribution in [-0.2, 0) is 20.3 Å². The molecule has 0 aliphatic heterocycles. The molecule has 0 radical (unpaired) electrons. The van der Waals surface area contributed by atoms with Crippen LogP contribution in [0.5, 0.6) is 0 Å². The third kappa shape index (κ3) is 5.18. The van der Waals surface area contributed by atoms with Crippen molar-refractivity contribution in [2.75, 3.05) is 18.7 Å². The highest BCUT2D eigenvalue weighted by Crippen LogP contribution is 2.14. The van der Waals surface area contributed by atoms with Crippen LogP contribution < -0.4 is 10.6 Å². The Morgan fingerprint density at radius 3 is 2.48 bits per heavy atom. The van der Waals surface area contributed by atoms with Gasteiger partial charge in [-0.05, 0) is 24.1 Å². The minimum atomic E-state index is -1.13. The lowest BCUT2D eigenvalue weighted by Crippen LogP contribution is -2.47. The molecule has 1 aromatic carbocycles. The van der Waals surface area contributed by atoms with Gasteiger partial charge in [0.1, 0.15) is 6.04 Å². The largest absolute Gasteiger partial charge is 0.453 e. The molecule has 0 bridgehead atoms.